The van der Waals surface area contributed by atoms with Crippen LogP contribution < -0.4 is 15.3 Å². The number of hydrogen-bond donors (Lipinski definition) is 15. The molecule has 0 aromatic heterocycles. The van der Waals surface area contributed by atoms with Crippen LogP contribution in [0.15, 0.2) is 0 Å². The average molecular weight is 743 g/mol. The van der Waals surface area contributed by atoms with Gasteiger partial charge in [-0.3, -0.25) is 0 Å². The number of hydrogen-bond acceptors (Lipinski definition) is 21. The largest absolute Gasteiger partial charge is 3.00 e. The first-order chi connectivity index (χ1) is 17.7. The average Bonchev–Trinajstić information content (AvgIpc) is 2.92. The number of carboxylic acid groups (broad SMARTS) is 3. The molecule has 1 radical (unpaired) electrons. The molecule has 0 aliphatic heterocycles. The van der Waals surface area contributed by atoms with Crippen LogP contribution in [0.1, 0.15) is 0 Å². The number of rotatable bonds is 15. The number of aliphatic hydroxyl groups excluding tert-OH is 15. The number of carbonyl (C=O) groups is 3. The van der Waals surface area contributed by atoms with E-state index in [0.29, 0.717) is 0 Å². The van der Waals surface area contributed by atoms with E-state index in [1.165, 1.54) is 0 Å². The van der Waals surface area contributed by atoms with E-state index in [4.69, 9.17) is 76.6 Å². The van der Waals surface area contributed by atoms with Crippen LogP contribution in [0.3, 0.4) is 0 Å². The second kappa shape index (κ2) is 23.7. The van der Waals surface area contributed by atoms with E-state index in [9.17, 15) is 29.7 Å². The Balaban J connectivity index is -0.000000240. The van der Waals surface area contributed by atoms with Crippen LogP contribution in [0.2, 0.25) is 0 Å². The minimum Gasteiger partial charge on any atom is -0.547 e. The summed E-state index contributed by atoms with van der Waals surface area (Å²) in [5, 5.41) is 160. The Bertz CT molecular complexity index is 608. The molecule has 0 aliphatic carbocycles. The van der Waals surface area contributed by atoms with Crippen molar-refractivity contribution in [3.8, 4) is 0 Å². The normalized spacial score (nSPS) is 19.9. The van der Waals surface area contributed by atoms with Gasteiger partial charge < -0.3 is 106 Å². The molecule has 0 bridgehead atoms. The topological polar surface area (TPSA) is 424 Å². The van der Waals surface area contributed by atoms with Crippen LogP contribution >= 0.6 is 0 Å². The molecule has 40 heavy (non-hydrogen) atoms. The molecule has 0 spiro atoms. The molecule has 0 rings (SSSR count). The molecule has 12 atom stereocenters. The van der Waals surface area contributed by atoms with Gasteiger partial charge in [-0.15, -0.1) is 0 Å². The van der Waals surface area contributed by atoms with Gasteiger partial charge in [0.25, 0.3) is 0 Å². The molecule has 0 heterocycles. The fourth-order valence-electron chi connectivity index (χ4n) is 1.99. The number of aliphatic carboxylic acids is 3. The zero-order valence-electron chi connectivity index (χ0n) is 20.1. The van der Waals surface area contributed by atoms with Crippen molar-refractivity contribution in [2.75, 3.05) is 19.8 Å². The minimum atomic E-state index is -2.31. The van der Waals surface area contributed by atoms with Gasteiger partial charge in [-0.1, -0.05) is 0 Å². The Hall–Kier alpha value is -0.865. The molecule has 0 amide bonds. The molecule has 22 heteroatoms. The minimum absolute atomic E-state index is 0. The molecular formula is C18H33GdO21. The maximum atomic E-state index is 9.98. The van der Waals surface area contributed by atoms with Crippen molar-refractivity contribution < 1.29 is 146 Å². The number of carboxylic acids is 3. The summed E-state index contributed by atoms with van der Waals surface area (Å²) in [5.41, 5.74) is 0. The first-order valence-corrected chi connectivity index (χ1v) is 10.4. The van der Waals surface area contributed by atoms with Crippen LogP contribution in [0.4, 0.5) is 0 Å². The second-order valence-electron chi connectivity index (χ2n) is 7.48. The van der Waals surface area contributed by atoms with Crippen molar-refractivity contribution in [3.63, 3.8) is 0 Å². The van der Waals surface area contributed by atoms with Crippen LogP contribution in [-0.4, -0.2) is 188 Å². The van der Waals surface area contributed by atoms with Crippen LogP contribution in [0.25, 0.3) is 0 Å². The summed E-state index contributed by atoms with van der Waals surface area (Å²) in [6, 6.07) is 0. The Morgan fingerprint density at radius 3 is 0.650 bits per heavy atom. The van der Waals surface area contributed by atoms with Gasteiger partial charge in [0.2, 0.25) is 0 Å². The zero-order chi connectivity index (χ0) is 31.8. The van der Waals surface area contributed by atoms with Gasteiger partial charge in [0.1, 0.15) is 73.2 Å². The Labute approximate surface area is 256 Å². The summed E-state index contributed by atoms with van der Waals surface area (Å²) in [4.78, 5) is 29.9. The van der Waals surface area contributed by atoms with Gasteiger partial charge in [-0.2, -0.15) is 0 Å². The van der Waals surface area contributed by atoms with Gasteiger partial charge >= 0.3 is 39.9 Å². The van der Waals surface area contributed by atoms with Crippen molar-refractivity contribution in [1.29, 1.82) is 0 Å². The molecule has 0 saturated heterocycles. The smallest absolute Gasteiger partial charge is 0.547 e. The molecule has 0 fully saturated rings. The standard InChI is InChI=1S/3C6H12O7.Gd/c3*7-1-2(8)3(9)4(10)5(11)6(12)13;/h3*2-5,7-11H,1H2,(H,12,13);/q;;;+3/p-3/t3*2-,3-,4+,5-;/m111./s1. The van der Waals surface area contributed by atoms with Gasteiger partial charge in [0.15, 0.2) is 0 Å². The van der Waals surface area contributed by atoms with E-state index in [2.05, 4.69) is 0 Å². The van der Waals surface area contributed by atoms with Crippen LogP contribution in [-0.2, 0) is 14.4 Å². The predicted molar refractivity (Wildman–Crippen MR) is 108 cm³/mol. The first-order valence-electron chi connectivity index (χ1n) is 10.4. The zero-order valence-corrected chi connectivity index (χ0v) is 22.3. The molecule has 0 unspecified atom stereocenters. The molecule has 0 aliphatic rings. The van der Waals surface area contributed by atoms with Gasteiger partial charge in [-0.05, 0) is 0 Å². The predicted octanol–water partition coefficient (Wildman–Crippen LogP) is -14.5. The molecule has 0 saturated carbocycles. The maximum Gasteiger partial charge on any atom is 3.00 e. The maximum absolute atomic E-state index is 9.98. The fraction of sp³-hybridized carbons (Fsp3) is 0.833. The van der Waals surface area contributed by atoms with E-state index in [0.717, 1.165) is 0 Å². The Morgan fingerprint density at radius 1 is 0.400 bits per heavy atom. The van der Waals surface area contributed by atoms with Gasteiger partial charge in [-0.25, -0.2) is 0 Å². The van der Waals surface area contributed by atoms with Crippen molar-refractivity contribution in [2.24, 2.45) is 0 Å². The van der Waals surface area contributed by atoms with Crippen molar-refractivity contribution in [3.05, 3.63) is 0 Å². The van der Waals surface area contributed by atoms with E-state index in [1.807, 2.05) is 0 Å². The van der Waals surface area contributed by atoms with Crippen molar-refractivity contribution in [1.82, 2.24) is 0 Å². The Morgan fingerprint density at radius 2 is 0.550 bits per heavy atom. The first kappa shape index (κ1) is 46.1. The third-order valence-electron chi connectivity index (χ3n) is 4.49. The molecule has 239 valence electrons. The second-order valence-corrected chi connectivity index (χ2v) is 7.48. The van der Waals surface area contributed by atoms with Gasteiger partial charge in [0, 0.05) is 0 Å². The summed E-state index contributed by atoms with van der Waals surface area (Å²) in [5.74, 6) is -5.93. The third kappa shape index (κ3) is 17.2. The summed E-state index contributed by atoms with van der Waals surface area (Å²) in [6.45, 7) is -2.59. The fourth-order valence-corrected chi connectivity index (χ4v) is 1.99. The van der Waals surface area contributed by atoms with Crippen LogP contribution in [0.5, 0.6) is 0 Å². The summed E-state index contributed by atoms with van der Waals surface area (Å²) in [7, 11) is 0. The molecule has 15 N–H and O–H groups in total. The molecule has 0 aromatic carbocycles. The third-order valence-corrected chi connectivity index (χ3v) is 4.49. The van der Waals surface area contributed by atoms with Crippen molar-refractivity contribution in [2.45, 2.75) is 73.2 Å². The number of carbonyl (C=O) groups excluding carboxylic acids is 3. The Kier molecular flexibility index (Phi) is 27.3. The number of aliphatic hydroxyl groups is 15. The quantitative estimate of drug-likeness (QED) is 0.0740. The summed E-state index contributed by atoms with van der Waals surface area (Å²) < 4.78 is 0. The summed E-state index contributed by atoms with van der Waals surface area (Å²) >= 11 is 0. The van der Waals surface area contributed by atoms with E-state index < -0.39 is 111 Å². The van der Waals surface area contributed by atoms with Gasteiger partial charge in [0.05, 0.1) is 37.7 Å². The monoisotopic (exact) mass is 743 g/mol. The molecular weight excluding hydrogens is 709 g/mol. The summed E-state index contributed by atoms with van der Waals surface area (Å²) in [6.07, 6.45) is -24.2. The molecule has 0 aromatic rings. The SMILES string of the molecule is O=C([O-])[C@H](O)[C@@H](O)[C@H](O)[C@H](O)CO.O=C([O-])[C@H](O)[C@@H](O)[C@H](O)[C@H](O)CO.O=C([O-])[C@H](O)[C@@H](O)[C@H](O)[C@H](O)CO.[Gd+3]. The van der Waals surface area contributed by atoms with E-state index in [1.54, 1.807) is 0 Å². The molecule has 21 nitrogen and oxygen atoms in total. The van der Waals surface area contributed by atoms with Crippen LogP contribution in [0, 0.1) is 39.9 Å². The van der Waals surface area contributed by atoms with E-state index in [-0.39, 0.29) is 39.9 Å². The van der Waals surface area contributed by atoms with E-state index >= 15 is 0 Å². The van der Waals surface area contributed by atoms with Crippen molar-refractivity contribution >= 4 is 17.9 Å².